The summed E-state index contributed by atoms with van der Waals surface area (Å²) in [6, 6.07) is 12.6. The van der Waals surface area contributed by atoms with Crippen molar-refractivity contribution in [2.75, 3.05) is 10.6 Å². The van der Waals surface area contributed by atoms with Crippen LogP contribution in [0.15, 0.2) is 42.5 Å². The lowest BCUT2D eigenvalue weighted by atomic mass is 10.1. The molecule has 0 aliphatic carbocycles. The number of rotatable bonds is 3. The SMILES string of the molecule is Cc1ccc(C)c(NC(=O)c2cccc(NC(=O)OC(C)(C)C)c2)c1. The molecule has 5 nitrogen and oxygen atoms in total. The molecule has 0 atom stereocenters. The Labute approximate surface area is 148 Å². The molecule has 0 bridgehead atoms. The van der Waals surface area contributed by atoms with Gasteiger partial charge in [-0.25, -0.2) is 4.79 Å². The lowest BCUT2D eigenvalue weighted by molar-refractivity contribution is 0.0635. The van der Waals surface area contributed by atoms with Crippen molar-refractivity contribution in [1.82, 2.24) is 0 Å². The summed E-state index contributed by atoms with van der Waals surface area (Å²) in [4.78, 5) is 24.3. The highest BCUT2D eigenvalue weighted by Gasteiger charge is 2.16. The molecule has 2 rings (SSSR count). The number of carbonyl (C=O) groups is 2. The van der Waals surface area contributed by atoms with E-state index in [4.69, 9.17) is 4.74 Å². The van der Waals surface area contributed by atoms with Crippen LogP contribution >= 0.6 is 0 Å². The maximum atomic E-state index is 12.5. The third-order valence-corrected chi connectivity index (χ3v) is 3.41. The van der Waals surface area contributed by atoms with E-state index in [1.165, 1.54) is 0 Å². The average molecular weight is 340 g/mol. The van der Waals surface area contributed by atoms with Crippen molar-refractivity contribution in [3.05, 3.63) is 59.2 Å². The molecule has 0 saturated heterocycles. The van der Waals surface area contributed by atoms with Gasteiger partial charge in [0.2, 0.25) is 0 Å². The maximum Gasteiger partial charge on any atom is 0.412 e. The van der Waals surface area contributed by atoms with E-state index in [1.54, 1.807) is 45.0 Å². The monoisotopic (exact) mass is 340 g/mol. The zero-order chi connectivity index (χ0) is 18.6. The number of nitrogens with one attached hydrogen (secondary N) is 2. The summed E-state index contributed by atoms with van der Waals surface area (Å²) in [5.74, 6) is -0.235. The third-order valence-electron chi connectivity index (χ3n) is 3.41. The summed E-state index contributed by atoms with van der Waals surface area (Å²) in [5, 5.41) is 5.54. The number of ether oxygens (including phenoxy) is 1. The van der Waals surface area contributed by atoms with Crippen LogP contribution in [0.4, 0.5) is 16.2 Å². The zero-order valence-electron chi connectivity index (χ0n) is 15.3. The molecule has 2 N–H and O–H groups in total. The molecule has 5 heteroatoms. The molecule has 132 valence electrons. The number of hydrogen-bond donors (Lipinski definition) is 2. The largest absolute Gasteiger partial charge is 0.444 e. The van der Waals surface area contributed by atoms with Gasteiger partial charge >= 0.3 is 6.09 Å². The Morgan fingerprint density at radius 2 is 1.68 bits per heavy atom. The Morgan fingerprint density at radius 1 is 0.960 bits per heavy atom. The normalized spacial score (nSPS) is 10.9. The Hall–Kier alpha value is -2.82. The van der Waals surface area contributed by atoms with E-state index in [-0.39, 0.29) is 5.91 Å². The van der Waals surface area contributed by atoms with Crippen molar-refractivity contribution >= 4 is 23.4 Å². The van der Waals surface area contributed by atoms with E-state index >= 15 is 0 Å². The van der Waals surface area contributed by atoms with Crippen LogP contribution in [0.2, 0.25) is 0 Å². The minimum Gasteiger partial charge on any atom is -0.444 e. The molecule has 0 saturated carbocycles. The molecule has 2 aromatic rings. The molecule has 0 heterocycles. The number of carbonyl (C=O) groups excluding carboxylic acids is 2. The minimum atomic E-state index is -0.582. The van der Waals surface area contributed by atoms with Gasteiger partial charge in [-0.1, -0.05) is 18.2 Å². The number of anilines is 2. The maximum absolute atomic E-state index is 12.5. The first-order chi connectivity index (χ1) is 11.6. The lowest BCUT2D eigenvalue weighted by Gasteiger charge is -2.19. The average Bonchev–Trinajstić information content (AvgIpc) is 2.49. The van der Waals surface area contributed by atoms with Gasteiger partial charge in [0.15, 0.2) is 0 Å². The predicted octanol–water partition coefficient (Wildman–Crippen LogP) is 4.90. The van der Waals surface area contributed by atoms with Crippen LogP contribution in [0.5, 0.6) is 0 Å². The smallest absolute Gasteiger partial charge is 0.412 e. The molecule has 0 aliphatic heterocycles. The topological polar surface area (TPSA) is 67.4 Å². The number of hydrogen-bond acceptors (Lipinski definition) is 3. The van der Waals surface area contributed by atoms with Crippen LogP contribution in [0.3, 0.4) is 0 Å². The summed E-state index contributed by atoms with van der Waals surface area (Å²) in [6.45, 7) is 9.29. The molecule has 0 aliphatic rings. The summed E-state index contributed by atoms with van der Waals surface area (Å²) in [7, 11) is 0. The minimum absolute atomic E-state index is 0.235. The van der Waals surface area contributed by atoms with Crippen molar-refractivity contribution in [1.29, 1.82) is 0 Å². The summed E-state index contributed by atoms with van der Waals surface area (Å²) in [6.07, 6.45) is -0.556. The third kappa shape index (κ3) is 5.64. The molecular formula is C20H24N2O3. The molecule has 0 radical (unpaired) electrons. The fourth-order valence-corrected chi connectivity index (χ4v) is 2.22. The van der Waals surface area contributed by atoms with Crippen molar-refractivity contribution in [3.8, 4) is 0 Å². The van der Waals surface area contributed by atoms with Crippen LogP contribution in [-0.4, -0.2) is 17.6 Å². The fourth-order valence-electron chi connectivity index (χ4n) is 2.22. The van der Waals surface area contributed by atoms with E-state index in [9.17, 15) is 9.59 Å². The van der Waals surface area contributed by atoms with E-state index in [0.29, 0.717) is 11.3 Å². The predicted molar refractivity (Wildman–Crippen MR) is 100 cm³/mol. The highest BCUT2D eigenvalue weighted by molar-refractivity contribution is 6.05. The first-order valence-corrected chi connectivity index (χ1v) is 8.13. The van der Waals surface area contributed by atoms with Gasteiger partial charge in [-0.05, 0) is 70.0 Å². The molecule has 0 fully saturated rings. The standard InChI is InChI=1S/C20H24N2O3/c1-13-9-10-14(2)17(11-13)22-18(23)15-7-6-8-16(12-15)21-19(24)25-20(3,4)5/h6-12H,1-5H3,(H,21,24)(H,22,23). The van der Waals surface area contributed by atoms with Gasteiger partial charge in [0.25, 0.3) is 5.91 Å². The Kier molecular flexibility index (Phi) is 5.47. The number of aryl methyl sites for hydroxylation is 2. The lowest BCUT2D eigenvalue weighted by Crippen LogP contribution is -2.27. The van der Waals surface area contributed by atoms with Crippen LogP contribution in [-0.2, 0) is 4.74 Å². The highest BCUT2D eigenvalue weighted by atomic mass is 16.6. The van der Waals surface area contributed by atoms with Gasteiger partial charge in [0.1, 0.15) is 5.60 Å². The van der Waals surface area contributed by atoms with Gasteiger partial charge in [0.05, 0.1) is 0 Å². The molecule has 2 aromatic carbocycles. The van der Waals surface area contributed by atoms with E-state index in [2.05, 4.69) is 10.6 Å². The number of amides is 2. The molecule has 0 aromatic heterocycles. The van der Waals surface area contributed by atoms with Crippen molar-refractivity contribution in [2.45, 2.75) is 40.2 Å². The van der Waals surface area contributed by atoms with Gasteiger partial charge in [-0.15, -0.1) is 0 Å². The van der Waals surface area contributed by atoms with E-state index in [1.807, 2.05) is 32.0 Å². The van der Waals surface area contributed by atoms with Crippen molar-refractivity contribution in [3.63, 3.8) is 0 Å². The Morgan fingerprint density at radius 3 is 2.36 bits per heavy atom. The van der Waals surface area contributed by atoms with Crippen molar-refractivity contribution < 1.29 is 14.3 Å². The Bertz CT molecular complexity index is 792. The molecular weight excluding hydrogens is 316 g/mol. The highest BCUT2D eigenvalue weighted by Crippen LogP contribution is 2.19. The summed E-state index contributed by atoms with van der Waals surface area (Å²) in [5.41, 5.74) is 3.21. The molecule has 25 heavy (non-hydrogen) atoms. The van der Waals surface area contributed by atoms with Gasteiger partial charge < -0.3 is 10.1 Å². The first kappa shape index (κ1) is 18.5. The number of benzene rings is 2. The van der Waals surface area contributed by atoms with E-state index < -0.39 is 11.7 Å². The molecule has 0 spiro atoms. The molecule has 2 amide bonds. The van der Waals surface area contributed by atoms with Crippen molar-refractivity contribution in [2.24, 2.45) is 0 Å². The fraction of sp³-hybridized carbons (Fsp3) is 0.300. The summed E-state index contributed by atoms with van der Waals surface area (Å²) < 4.78 is 5.22. The van der Waals surface area contributed by atoms with E-state index in [0.717, 1.165) is 16.8 Å². The Balaban J connectivity index is 2.11. The quantitative estimate of drug-likeness (QED) is 0.835. The first-order valence-electron chi connectivity index (χ1n) is 8.13. The van der Waals surface area contributed by atoms with Gasteiger partial charge in [-0.3, -0.25) is 10.1 Å². The second kappa shape index (κ2) is 7.38. The molecule has 0 unspecified atom stereocenters. The van der Waals surface area contributed by atoms with Crippen LogP contribution in [0, 0.1) is 13.8 Å². The van der Waals surface area contributed by atoms with Crippen LogP contribution < -0.4 is 10.6 Å². The second-order valence-electron chi connectivity index (χ2n) is 6.98. The van der Waals surface area contributed by atoms with Crippen LogP contribution in [0.25, 0.3) is 0 Å². The zero-order valence-corrected chi connectivity index (χ0v) is 15.3. The van der Waals surface area contributed by atoms with Crippen LogP contribution in [0.1, 0.15) is 42.3 Å². The second-order valence-corrected chi connectivity index (χ2v) is 6.98. The van der Waals surface area contributed by atoms with Gasteiger partial charge in [-0.2, -0.15) is 0 Å². The van der Waals surface area contributed by atoms with Gasteiger partial charge in [0, 0.05) is 16.9 Å². The summed E-state index contributed by atoms with van der Waals surface area (Å²) >= 11 is 0.